The Morgan fingerprint density at radius 2 is 2.11 bits per heavy atom. The second kappa shape index (κ2) is 5.73. The maximum absolute atomic E-state index is 5.35. The molecule has 1 atom stereocenters. The van der Waals surface area contributed by atoms with Crippen LogP contribution in [-0.4, -0.2) is 19.2 Å². The third-order valence-electron chi connectivity index (χ3n) is 2.60. The summed E-state index contributed by atoms with van der Waals surface area (Å²) in [7, 11) is 3.29. The lowest BCUT2D eigenvalue weighted by Gasteiger charge is -2.16. The molecule has 5 heteroatoms. The van der Waals surface area contributed by atoms with Gasteiger partial charge in [-0.3, -0.25) is 0 Å². The van der Waals surface area contributed by atoms with E-state index in [0.29, 0.717) is 0 Å². The number of nitrogens with zero attached hydrogens (tertiary/aromatic N) is 1. The van der Waals surface area contributed by atoms with Crippen molar-refractivity contribution in [3.8, 4) is 11.5 Å². The van der Waals surface area contributed by atoms with Crippen LogP contribution in [-0.2, 0) is 0 Å². The third-order valence-corrected chi connectivity index (χ3v) is 3.56. The van der Waals surface area contributed by atoms with Gasteiger partial charge in [-0.05, 0) is 19.1 Å². The van der Waals surface area contributed by atoms with Crippen LogP contribution in [0, 0.1) is 0 Å². The fourth-order valence-corrected chi connectivity index (χ4v) is 2.31. The molecule has 1 aromatic heterocycles. The Balaban J connectivity index is 2.18. The number of nitrogens with one attached hydrogen (secondary N) is 1. The molecule has 1 aromatic carbocycles. The highest BCUT2D eigenvalue weighted by atomic mass is 32.1. The van der Waals surface area contributed by atoms with E-state index in [9.17, 15) is 0 Å². The van der Waals surface area contributed by atoms with Crippen LogP contribution in [0.4, 0.5) is 5.69 Å². The Morgan fingerprint density at radius 3 is 2.72 bits per heavy atom. The molecule has 0 fully saturated rings. The van der Waals surface area contributed by atoms with Gasteiger partial charge in [0.1, 0.15) is 16.5 Å². The van der Waals surface area contributed by atoms with Gasteiger partial charge in [-0.15, -0.1) is 11.3 Å². The van der Waals surface area contributed by atoms with E-state index in [1.165, 1.54) is 0 Å². The van der Waals surface area contributed by atoms with Crippen LogP contribution >= 0.6 is 11.3 Å². The average molecular weight is 264 g/mol. The number of rotatable bonds is 5. The molecule has 0 aliphatic rings. The van der Waals surface area contributed by atoms with Crippen LogP contribution in [0.3, 0.4) is 0 Å². The van der Waals surface area contributed by atoms with E-state index >= 15 is 0 Å². The van der Waals surface area contributed by atoms with E-state index in [2.05, 4.69) is 17.2 Å². The fraction of sp³-hybridized carbons (Fsp3) is 0.308. The van der Waals surface area contributed by atoms with E-state index in [-0.39, 0.29) is 6.04 Å². The zero-order valence-electron chi connectivity index (χ0n) is 10.6. The van der Waals surface area contributed by atoms with Crippen molar-refractivity contribution in [3.05, 3.63) is 34.8 Å². The molecular formula is C13H16N2O2S. The molecule has 0 spiro atoms. The summed E-state index contributed by atoms with van der Waals surface area (Å²) in [6.45, 7) is 2.07. The Hall–Kier alpha value is -1.75. The topological polar surface area (TPSA) is 43.4 Å². The molecular weight excluding hydrogens is 248 g/mol. The highest BCUT2D eigenvalue weighted by Crippen LogP contribution is 2.32. The van der Waals surface area contributed by atoms with E-state index in [1.807, 2.05) is 29.8 Å². The Labute approximate surface area is 111 Å². The van der Waals surface area contributed by atoms with Crippen LogP contribution in [0.1, 0.15) is 18.0 Å². The molecule has 0 aliphatic carbocycles. The van der Waals surface area contributed by atoms with Gasteiger partial charge in [0.05, 0.1) is 25.9 Å². The molecule has 96 valence electrons. The van der Waals surface area contributed by atoms with Gasteiger partial charge in [0.15, 0.2) is 0 Å². The molecule has 0 radical (unpaired) electrons. The Morgan fingerprint density at radius 1 is 1.28 bits per heavy atom. The first-order chi connectivity index (χ1) is 8.74. The minimum absolute atomic E-state index is 0.146. The van der Waals surface area contributed by atoms with Gasteiger partial charge >= 0.3 is 0 Å². The van der Waals surface area contributed by atoms with Crippen molar-refractivity contribution in [3.63, 3.8) is 0 Å². The van der Waals surface area contributed by atoms with E-state index < -0.39 is 0 Å². The second-order valence-electron chi connectivity index (χ2n) is 3.80. The summed E-state index contributed by atoms with van der Waals surface area (Å²) in [5, 5.41) is 6.40. The normalized spacial score (nSPS) is 11.9. The van der Waals surface area contributed by atoms with Crippen LogP contribution in [0.5, 0.6) is 11.5 Å². The first-order valence-electron chi connectivity index (χ1n) is 5.62. The number of benzene rings is 1. The molecule has 0 aliphatic heterocycles. The summed E-state index contributed by atoms with van der Waals surface area (Å²) < 4.78 is 10.5. The van der Waals surface area contributed by atoms with Crippen molar-refractivity contribution in [1.29, 1.82) is 0 Å². The highest BCUT2D eigenvalue weighted by molar-refractivity contribution is 7.09. The maximum Gasteiger partial charge on any atom is 0.145 e. The van der Waals surface area contributed by atoms with Gasteiger partial charge in [-0.2, -0.15) is 0 Å². The molecule has 1 unspecified atom stereocenters. The average Bonchev–Trinajstić information content (AvgIpc) is 2.93. The lowest BCUT2D eigenvalue weighted by atomic mass is 10.2. The molecule has 2 rings (SSSR count). The van der Waals surface area contributed by atoms with Gasteiger partial charge < -0.3 is 14.8 Å². The smallest absolute Gasteiger partial charge is 0.145 e. The Bertz CT molecular complexity index is 500. The van der Waals surface area contributed by atoms with Crippen molar-refractivity contribution in [2.45, 2.75) is 13.0 Å². The molecule has 0 saturated heterocycles. The number of ether oxygens (including phenoxy) is 2. The second-order valence-corrected chi connectivity index (χ2v) is 4.73. The number of hydrogen-bond donors (Lipinski definition) is 1. The molecule has 1 N–H and O–H groups in total. The van der Waals surface area contributed by atoms with E-state index in [1.54, 1.807) is 25.6 Å². The first kappa shape index (κ1) is 12.7. The van der Waals surface area contributed by atoms with Crippen LogP contribution < -0.4 is 14.8 Å². The van der Waals surface area contributed by atoms with Crippen molar-refractivity contribution < 1.29 is 9.47 Å². The molecule has 0 bridgehead atoms. The van der Waals surface area contributed by atoms with Gasteiger partial charge in [-0.25, -0.2) is 4.98 Å². The quantitative estimate of drug-likeness (QED) is 0.899. The third kappa shape index (κ3) is 2.73. The van der Waals surface area contributed by atoms with Crippen LogP contribution in [0.2, 0.25) is 0 Å². The number of anilines is 1. The standard InChI is InChI=1S/C13H16N2O2S/c1-9(13-14-6-7-18-13)15-11-5-4-10(16-2)8-12(11)17-3/h4-9,15H,1-3H3. The largest absolute Gasteiger partial charge is 0.497 e. The number of thiazole rings is 1. The SMILES string of the molecule is COc1ccc(NC(C)c2nccs2)c(OC)c1. The molecule has 2 aromatic rings. The van der Waals surface area contributed by atoms with Gasteiger partial charge in [0.2, 0.25) is 0 Å². The molecule has 1 heterocycles. The summed E-state index contributed by atoms with van der Waals surface area (Å²) >= 11 is 1.63. The number of aromatic nitrogens is 1. The zero-order chi connectivity index (χ0) is 13.0. The van der Waals surface area contributed by atoms with Crippen molar-refractivity contribution in [2.75, 3.05) is 19.5 Å². The van der Waals surface area contributed by atoms with Crippen molar-refractivity contribution in [2.24, 2.45) is 0 Å². The Kier molecular flexibility index (Phi) is 4.04. The summed E-state index contributed by atoms with van der Waals surface area (Å²) in [5.41, 5.74) is 0.931. The van der Waals surface area contributed by atoms with Crippen molar-refractivity contribution >= 4 is 17.0 Å². The fourth-order valence-electron chi connectivity index (χ4n) is 1.66. The lowest BCUT2D eigenvalue weighted by Crippen LogP contribution is -2.07. The first-order valence-corrected chi connectivity index (χ1v) is 6.50. The number of hydrogen-bond acceptors (Lipinski definition) is 5. The van der Waals surface area contributed by atoms with Gasteiger partial charge in [0.25, 0.3) is 0 Å². The predicted molar refractivity (Wildman–Crippen MR) is 73.7 cm³/mol. The minimum atomic E-state index is 0.146. The summed E-state index contributed by atoms with van der Waals surface area (Å²) in [6.07, 6.45) is 1.81. The molecule has 0 saturated carbocycles. The van der Waals surface area contributed by atoms with E-state index in [4.69, 9.17) is 9.47 Å². The van der Waals surface area contributed by atoms with Gasteiger partial charge in [0, 0.05) is 17.6 Å². The molecule has 4 nitrogen and oxygen atoms in total. The van der Waals surface area contributed by atoms with E-state index in [0.717, 1.165) is 22.2 Å². The van der Waals surface area contributed by atoms with Crippen molar-refractivity contribution in [1.82, 2.24) is 4.98 Å². The highest BCUT2D eigenvalue weighted by Gasteiger charge is 2.11. The summed E-state index contributed by atoms with van der Waals surface area (Å²) in [6, 6.07) is 5.85. The monoisotopic (exact) mass is 264 g/mol. The number of methoxy groups -OCH3 is 2. The van der Waals surface area contributed by atoms with Crippen LogP contribution in [0.25, 0.3) is 0 Å². The minimum Gasteiger partial charge on any atom is -0.497 e. The van der Waals surface area contributed by atoms with Crippen LogP contribution in [0.15, 0.2) is 29.8 Å². The lowest BCUT2D eigenvalue weighted by molar-refractivity contribution is 0.395. The summed E-state index contributed by atoms with van der Waals surface area (Å²) in [4.78, 5) is 4.29. The maximum atomic E-state index is 5.35. The summed E-state index contributed by atoms with van der Waals surface area (Å²) in [5.74, 6) is 1.54. The predicted octanol–water partition coefficient (Wildman–Crippen LogP) is 3.33. The van der Waals surface area contributed by atoms with Gasteiger partial charge in [-0.1, -0.05) is 0 Å². The molecule has 18 heavy (non-hydrogen) atoms. The zero-order valence-corrected chi connectivity index (χ0v) is 11.5. The molecule has 0 amide bonds.